The molecule has 2 aromatic heterocycles. The van der Waals surface area contributed by atoms with E-state index in [0.717, 1.165) is 12.8 Å². The Labute approximate surface area is 247 Å². The Bertz CT molecular complexity index is 1890. The number of halogens is 1. The quantitative estimate of drug-likeness (QED) is 0.119. The van der Waals surface area contributed by atoms with Gasteiger partial charge in [0.15, 0.2) is 12.0 Å². The van der Waals surface area contributed by atoms with Gasteiger partial charge in [0, 0.05) is 66.0 Å². The molecule has 0 unspecified atom stereocenters. The molecule has 9 heteroatoms. The number of fused-ring (bicyclic) bond motifs is 1. The average molecular weight is 574 g/mol. The van der Waals surface area contributed by atoms with Crippen LogP contribution in [0.25, 0.3) is 33.4 Å². The highest BCUT2D eigenvalue weighted by molar-refractivity contribution is 6.13. The largest absolute Gasteiger partial charge is 0.455 e. The van der Waals surface area contributed by atoms with Gasteiger partial charge in [-0.25, -0.2) is 14.4 Å². The molecule has 43 heavy (non-hydrogen) atoms. The van der Waals surface area contributed by atoms with Crippen molar-refractivity contribution in [2.45, 2.75) is 31.6 Å². The summed E-state index contributed by atoms with van der Waals surface area (Å²) in [6.07, 6.45) is 7.63. The first-order chi connectivity index (χ1) is 20.9. The molecule has 5 aromatic rings. The molecule has 1 amide bonds. The molecule has 1 saturated carbocycles. The van der Waals surface area contributed by atoms with Gasteiger partial charge in [-0.05, 0) is 67.8 Å². The predicted molar refractivity (Wildman–Crippen MR) is 161 cm³/mol. The number of Topliss-reactive ketones (excluding diaryl/α,β-unsaturated/α-hetero) is 1. The van der Waals surface area contributed by atoms with Gasteiger partial charge in [0.05, 0.1) is 11.3 Å². The molecule has 1 aliphatic rings. The second kappa shape index (κ2) is 11.1. The Balaban J connectivity index is 1.47. The molecule has 3 aromatic carbocycles. The van der Waals surface area contributed by atoms with Gasteiger partial charge in [-0.15, -0.1) is 0 Å². The van der Waals surface area contributed by atoms with Crippen LogP contribution in [0.5, 0.6) is 0 Å². The van der Waals surface area contributed by atoms with Crippen LogP contribution in [0.4, 0.5) is 10.1 Å². The van der Waals surface area contributed by atoms with Gasteiger partial charge in [0.1, 0.15) is 23.0 Å². The minimum absolute atomic E-state index is 0.0185. The summed E-state index contributed by atoms with van der Waals surface area (Å²) in [6, 6.07) is 18.3. The van der Waals surface area contributed by atoms with Crippen molar-refractivity contribution in [1.29, 1.82) is 5.26 Å². The molecule has 0 bridgehead atoms. The highest BCUT2D eigenvalue weighted by atomic mass is 19.1. The summed E-state index contributed by atoms with van der Waals surface area (Å²) in [4.78, 5) is 37.0. The number of aromatic nitrogens is 2. The minimum atomic E-state index is -0.406. The van der Waals surface area contributed by atoms with E-state index in [4.69, 9.17) is 4.42 Å². The van der Waals surface area contributed by atoms with Gasteiger partial charge in [-0.3, -0.25) is 14.5 Å². The van der Waals surface area contributed by atoms with Crippen molar-refractivity contribution < 1.29 is 18.4 Å². The fraction of sp³-hybridized carbons (Fsp3) is 0.206. The molecule has 0 radical (unpaired) electrons. The standard InChI is InChI=1S/C34H28FN5O3/c1-3-40(20-36)27-18-29-26(30(32(42)37-2)31(43-29)21-8-10-24(35)11-9-21)17-25(27)22-6-4-7-23(16-22)28(41)19-34(12-13-34)33-38-14-5-15-39-33/h4-11,14-18H,3,12-13,19H2,1-2H3,(H,37,42). The first-order valence-electron chi connectivity index (χ1n) is 14.0. The molecule has 214 valence electrons. The van der Waals surface area contributed by atoms with Crippen LogP contribution in [0.3, 0.4) is 0 Å². The zero-order valence-corrected chi connectivity index (χ0v) is 23.7. The van der Waals surface area contributed by atoms with E-state index in [1.165, 1.54) is 24.1 Å². The number of ketones is 1. The normalized spacial score (nSPS) is 13.3. The average Bonchev–Trinajstić information content (AvgIpc) is 3.73. The lowest BCUT2D eigenvalue weighted by molar-refractivity contribution is 0.0958. The number of nitrogens with zero attached hydrogens (tertiary/aromatic N) is 4. The maximum Gasteiger partial charge on any atom is 0.255 e. The minimum Gasteiger partial charge on any atom is -0.455 e. The third kappa shape index (κ3) is 5.12. The summed E-state index contributed by atoms with van der Waals surface area (Å²) in [5, 5.41) is 13.2. The molecule has 8 nitrogen and oxygen atoms in total. The van der Waals surface area contributed by atoms with Crippen molar-refractivity contribution in [3.05, 3.63) is 102 Å². The van der Waals surface area contributed by atoms with Crippen LogP contribution in [0.15, 0.2) is 83.5 Å². The van der Waals surface area contributed by atoms with E-state index in [-0.39, 0.29) is 17.1 Å². The molecule has 0 aliphatic heterocycles. The van der Waals surface area contributed by atoms with E-state index in [1.807, 2.05) is 31.2 Å². The highest BCUT2D eigenvalue weighted by Gasteiger charge is 2.48. The number of hydrogen-bond donors (Lipinski definition) is 1. The molecule has 6 rings (SSSR count). The van der Waals surface area contributed by atoms with Crippen molar-refractivity contribution in [3.8, 4) is 28.6 Å². The maximum atomic E-state index is 13.7. The van der Waals surface area contributed by atoms with Crippen molar-refractivity contribution in [2.75, 3.05) is 18.5 Å². The molecule has 0 saturated heterocycles. The van der Waals surface area contributed by atoms with Crippen LogP contribution >= 0.6 is 0 Å². The second-order valence-corrected chi connectivity index (χ2v) is 10.6. The lowest BCUT2D eigenvalue weighted by Crippen LogP contribution is -2.18. The Morgan fingerprint density at radius 2 is 1.79 bits per heavy atom. The van der Waals surface area contributed by atoms with Gasteiger partial charge in [0.25, 0.3) is 5.91 Å². The van der Waals surface area contributed by atoms with Gasteiger partial charge in [-0.2, -0.15) is 5.26 Å². The summed E-state index contributed by atoms with van der Waals surface area (Å²) in [6.45, 7) is 2.25. The molecule has 1 aliphatic carbocycles. The summed E-state index contributed by atoms with van der Waals surface area (Å²) >= 11 is 0. The predicted octanol–water partition coefficient (Wildman–Crippen LogP) is 6.67. The lowest BCUT2D eigenvalue weighted by atomic mass is 9.92. The Hall–Kier alpha value is -5.36. The molecule has 0 atom stereocenters. The van der Waals surface area contributed by atoms with E-state index in [0.29, 0.717) is 69.0 Å². The zero-order valence-electron chi connectivity index (χ0n) is 23.7. The highest BCUT2D eigenvalue weighted by Crippen LogP contribution is 2.50. The van der Waals surface area contributed by atoms with E-state index >= 15 is 0 Å². The van der Waals surface area contributed by atoms with Gasteiger partial charge in [-0.1, -0.05) is 18.2 Å². The van der Waals surface area contributed by atoms with Crippen LogP contribution in [-0.4, -0.2) is 35.3 Å². The van der Waals surface area contributed by atoms with E-state index < -0.39 is 5.82 Å². The Morgan fingerprint density at radius 1 is 1.05 bits per heavy atom. The van der Waals surface area contributed by atoms with Crippen molar-refractivity contribution in [1.82, 2.24) is 15.3 Å². The number of furan rings is 1. The van der Waals surface area contributed by atoms with Gasteiger partial charge >= 0.3 is 0 Å². The summed E-state index contributed by atoms with van der Waals surface area (Å²) in [5.41, 5.74) is 3.38. The summed E-state index contributed by atoms with van der Waals surface area (Å²) in [5.74, 6) is 0.191. The van der Waals surface area contributed by atoms with E-state index in [9.17, 15) is 19.2 Å². The van der Waals surface area contributed by atoms with Gasteiger partial charge in [0.2, 0.25) is 0 Å². The SMILES string of the molecule is CCN(C#N)c1cc2oc(-c3ccc(F)cc3)c(C(=O)NC)c2cc1-c1cccc(C(=O)CC2(c3ncccn3)CC2)c1. The Morgan fingerprint density at radius 3 is 2.44 bits per heavy atom. The maximum absolute atomic E-state index is 13.7. The molecular weight excluding hydrogens is 545 g/mol. The van der Waals surface area contributed by atoms with Crippen LogP contribution < -0.4 is 10.2 Å². The first kappa shape index (κ1) is 27.8. The number of benzene rings is 3. The lowest BCUT2D eigenvalue weighted by Gasteiger charge is -2.19. The smallest absolute Gasteiger partial charge is 0.255 e. The van der Waals surface area contributed by atoms with Crippen LogP contribution in [0.1, 0.15) is 52.7 Å². The molecule has 0 spiro atoms. The van der Waals surface area contributed by atoms with E-state index in [2.05, 4.69) is 21.5 Å². The van der Waals surface area contributed by atoms with Gasteiger partial charge < -0.3 is 9.73 Å². The number of rotatable bonds is 9. The molecule has 2 heterocycles. The number of nitrogens with one attached hydrogen (secondary N) is 1. The first-order valence-corrected chi connectivity index (χ1v) is 14.0. The number of hydrogen-bond acceptors (Lipinski definition) is 7. The van der Waals surface area contributed by atoms with Crippen LogP contribution in [-0.2, 0) is 5.41 Å². The Kier molecular flexibility index (Phi) is 7.20. The topological polar surface area (TPSA) is 112 Å². The van der Waals surface area contributed by atoms with Crippen LogP contribution in [0.2, 0.25) is 0 Å². The molecule has 1 fully saturated rings. The van der Waals surface area contributed by atoms with Crippen molar-refractivity contribution in [3.63, 3.8) is 0 Å². The number of carbonyl (C=O) groups excluding carboxylic acids is 2. The van der Waals surface area contributed by atoms with Crippen molar-refractivity contribution >= 4 is 28.3 Å². The fourth-order valence-electron chi connectivity index (χ4n) is 5.51. The summed E-state index contributed by atoms with van der Waals surface area (Å²) in [7, 11) is 1.53. The number of amides is 1. The second-order valence-electron chi connectivity index (χ2n) is 10.6. The van der Waals surface area contributed by atoms with Crippen LogP contribution in [0, 0.1) is 17.3 Å². The monoisotopic (exact) mass is 573 g/mol. The fourth-order valence-corrected chi connectivity index (χ4v) is 5.51. The van der Waals surface area contributed by atoms with Crippen molar-refractivity contribution in [2.24, 2.45) is 0 Å². The number of carbonyl (C=O) groups is 2. The zero-order chi connectivity index (χ0) is 30.1. The third-order valence-electron chi connectivity index (χ3n) is 7.98. The molecular formula is C34H28FN5O3. The van der Waals surface area contributed by atoms with E-state index in [1.54, 1.807) is 42.7 Å². The number of nitriles is 1. The number of anilines is 1. The third-order valence-corrected chi connectivity index (χ3v) is 7.98. The molecule has 1 N–H and O–H groups in total. The summed E-state index contributed by atoms with van der Waals surface area (Å²) < 4.78 is 19.9.